The molecule has 0 bridgehead atoms. The molecule has 0 aliphatic carbocycles. The minimum atomic E-state index is 0.514. The van der Waals surface area contributed by atoms with Crippen LogP contribution >= 0.6 is 0 Å². The summed E-state index contributed by atoms with van der Waals surface area (Å²) in [4.78, 5) is 2.46. The van der Waals surface area contributed by atoms with E-state index in [0.29, 0.717) is 12.0 Å². The summed E-state index contributed by atoms with van der Waals surface area (Å²) in [6.07, 6.45) is 1.23. The van der Waals surface area contributed by atoms with Crippen LogP contribution in [0.2, 0.25) is 0 Å². The van der Waals surface area contributed by atoms with Crippen LogP contribution in [0.15, 0.2) is 12.1 Å². The van der Waals surface area contributed by atoms with Crippen LogP contribution in [0.5, 0.6) is 0 Å². The highest BCUT2D eigenvalue weighted by Gasteiger charge is 2.33. The lowest BCUT2D eigenvalue weighted by atomic mass is 9.87. The predicted octanol–water partition coefficient (Wildman–Crippen LogP) is 2.56. The first-order chi connectivity index (χ1) is 8.04. The van der Waals surface area contributed by atoms with Gasteiger partial charge in [0.15, 0.2) is 0 Å². The van der Waals surface area contributed by atoms with Crippen molar-refractivity contribution in [1.82, 2.24) is 4.90 Å². The second-order valence-corrected chi connectivity index (χ2v) is 5.52. The van der Waals surface area contributed by atoms with Gasteiger partial charge in [0.2, 0.25) is 0 Å². The van der Waals surface area contributed by atoms with Crippen LogP contribution in [0.1, 0.15) is 34.7 Å². The number of rotatable bonds is 2. The van der Waals surface area contributed by atoms with Crippen molar-refractivity contribution in [2.75, 3.05) is 20.1 Å². The van der Waals surface area contributed by atoms with Gasteiger partial charge in [0.05, 0.1) is 0 Å². The number of nitrogens with zero attached hydrogens (tertiary/aromatic N) is 1. The molecule has 0 aromatic heterocycles. The highest BCUT2D eigenvalue weighted by atomic mass is 15.2. The first-order valence-electron chi connectivity index (χ1n) is 6.52. The van der Waals surface area contributed by atoms with Gasteiger partial charge in [0, 0.05) is 6.04 Å². The summed E-state index contributed by atoms with van der Waals surface area (Å²) in [5, 5.41) is 0. The van der Waals surface area contributed by atoms with Crippen LogP contribution in [0, 0.1) is 26.7 Å². The Hall–Kier alpha value is -0.860. The van der Waals surface area contributed by atoms with Crippen molar-refractivity contribution in [3.8, 4) is 0 Å². The zero-order valence-electron chi connectivity index (χ0n) is 11.5. The molecule has 2 N–H and O–H groups in total. The molecule has 2 rings (SSSR count). The van der Waals surface area contributed by atoms with Gasteiger partial charge in [-0.25, -0.2) is 0 Å². The first kappa shape index (κ1) is 12.6. The maximum Gasteiger partial charge on any atom is 0.0391 e. The maximum absolute atomic E-state index is 5.93. The SMILES string of the molecule is Cc1cc(C)c(C2C(CN)CCN2C)c(C)c1. The van der Waals surface area contributed by atoms with E-state index in [-0.39, 0.29) is 0 Å². The summed E-state index contributed by atoms with van der Waals surface area (Å²) in [5.41, 5.74) is 11.6. The van der Waals surface area contributed by atoms with Gasteiger partial charge in [-0.1, -0.05) is 17.7 Å². The zero-order valence-corrected chi connectivity index (χ0v) is 11.5. The van der Waals surface area contributed by atoms with E-state index in [9.17, 15) is 0 Å². The van der Waals surface area contributed by atoms with Gasteiger partial charge in [-0.3, -0.25) is 4.90 Å². The number of hydrogen-bond acceptors (Lipinski definition) is 2. The molecule has 0 radical (unpaired) electrons. The second-order valence-electron chi connectivity index (χ2n) is 5.52. The topological polar surface area (TPSA) is 29.3 Å². The second kappa shape index (κ2) is 4.79. The van der Waals surface area contributed by atoms with Crippen molar-refractivity contribution in [3.05, 3.63) is 34.4 Å². The number of aryl methyl sites for hydroxylation is 3. The van der Waals surface area contributed by atoms with Crippen LogP contribution in [-0.2, 0) is 0 Å². The van der Waals surface area contributed by atoms with Crippen molar-refractivity contribution >= 4 is 0 Å². The maximum atomic E-state index is 5.93. The standard InChI is InChI=1S/C15H24N2/c1-10-7-11(2)14(12(3)8-10)15-13(9-16)5-6-17(15)4/h7-8,13,15H,5-6,9,16H2,1-4H3. The van der Waals surface area contributed by atoms with Crippen LogP contribution in [0.4, 0.5) is 0 Å². The molecule has 0 amide bonds. The largest absolute Gasteiger partial charge is 0.330 e. The Balaban J connectivity index is 2.45. The molecular formula is C15H24N2. The minimum Gasteiger partial charge on any atom is -0.330 e. The van der Waals surface area contributed by atoms with E-state index in [4.69, 9.17) is 5.73 Å². The molecule has 0 spiro atoms. The summed E-state index contributed by atoms with van der Waals surface area (Å²) in [6.45, 7) is 8.59. The Bertz CT molecular complexity index is 388. The van der Waals surface area contributed by atoms with Crippen LogP contribution in [0.25, 0.3) is 0 Å². The summed E-state index contributed by atoms with van der Waals surface area (Å²) in [5.74, 6) is 0.611. The lowest BCUT2D eigenvalue weighted by Gasteiger charge is -2.28. The molecule has 1 saturated heterocycles. The van der Waals surface area contributed by atoms with E-state index < -0.39 is 0 Å². The molecule has 1 heterocycles. The van der Waals surface area contributed by atoms with E-state index in [1.165, 1.54) is 35.2 Å². The molecule has 1 aromatic carbocycles. The van der Waals surface area contributed by atoms with Crippen molar-refractivity contribution in [2.45, 2.75) is 33.2 Å². The van der Waals surface area contributed by atoms with E-state index in [2.05, 4.69) is 44.9 Å². The highest BCUT2D eigenvalue weighted by molar-refractivity contribution is 5.40. The molecule has 1 aliphatic heterocycles. The zero-order chi connectivity index (χ0) is 12.6. The summed E-state index contributed by atoms with van der Waals surface area (Å²) < 4.78 is 0. The number of benzene rings is 1. The van der Waals surface area contributed by atoms with Crippen molar-refractivity contribution in [3.63, 3.8) is 0 Å². The van der Waals surface area contributed by atoms with Crippen LogP contribution in [-0.4, -0.2) is 25.0 Å². The quantitative estimate of drug-likeness (QED) is 0.849. The number of hydrogen-bond donors (Lipinski definition) is 1. The molecule has 1 fully saturated rings. The molecule has 1 aromatic rings. The van der Waals surface area contributed by atoms with E-state index in [0.717, 1.165) is 6.54 Å². The van der Waals surface area contributed by atoms with Crippen LogP contribution in [0.3, 0.4) is 0 Å². The van der Waals surface area contributed by atoms with Gasteiger partial charge in [-0.05, 0) is 69.9 Å². The molecule has 2 nitrogen and oxygen atoms in total. The molecule has 2 unspecified atom stereocenters. The van der Waals surface area contributed by atoms with E-state index in [1.807, 2.05) is 0 Å². The highest BCUT2D eigenvalue weighted by Crippen LogP contribution is 2.38. The number of likely N-dealkylation sites (tertiary alicyclic amines) is 1. The smallest absolute Gasteiger partial charge is 0.0391 e. The van der Waals surface area contributed by atoms with Gasteiger partial charge in [-0.15, -0.1) is 0 Å². The lowest BCUT2D eigenvalue weighted by molar-refractivity contribution is 0.277. The molecular weight excluding hydrogens is 208 g/mol. The fraction of sp³-hybridized carbons (Fsp3) is 0.600. The molecule has 2 heteroatoms. The molecule has 1 aliphatic rings. The third-order valence-corrected chi connectivity index (χ3v) is 4.11. The normalized spacial score (nSPS) is 25.5. The fourth-order valence-electron chi connectivity index (χ4n) is 3.39. The summed E-state index contributed by atoms with van der Waals surface area (Å²) in [7, 11) is 2.22. The van der Waals surface area contributed by atoms with Gasteiger partial charge in [0.1, 0.15) is 0 Å². The van der Waals surface area contributed by atoms with Gasteiger partial charge in [-0.2, -0.15) is 0 Å². The molecule has 17 heavy (non-hydrogen) atoms. The fourth-order valence-corrected chi connectivity index (χ4v) is 3.39. The van der Waals surface area contributed by atoms with Gasteiger partial charge in [0.25, 0.3) is 0 Å². The number of nitrogens with two attached hydrogens (primary N) is 1. The van der Waals surface area contributed by atoms with Gasteiger partial charge < -0.3 is 5.73 Å². The third-order valence-electron chi connectivity index (χ3n) is 4.11. The van der Waals surface area contributed by atoms with E-state index >= 15 is 0 Å². The Labute approximate surface area is 105 Å². The average Bonchev–Trinajstić information content (AvgIpc) is 2.59. The van der Waals surface area contributed by atoms with Gasteiger partial charge >= 0.3 is 0 Å². The van der Waals surface area contributed by atoms with Crippen molar-refractivity contribution in [2.24, 2.45) is 11.7 Å². The average molecular weight is 232 g/mol. The summed E-state index contributed by atoms with van der Waals surface area (Å²) >= 11 is 0. The summed E-state index contributed by atoms with van der Waals surface area (Å²) in [6, 6.07) is 5.10. The Kier molecular flexibility index (Phi) is 3.55. The lowest BCUT2D eigenvalue weighted by Crippen LogP contribution is -2.26. The van der Waals surface area contributed by atoms with Crippen molar-refractivity contribution in [1.29, 1.82) is 0 Å². The monoisotopic (exact) mass is 232 g/mol. The predicted molar refractivity (Wildman–Crippen MR) is 73.2 cm³/mol. The molecule has 0 saturated carbocycles. The molecule has 2 atom stereocenters. The third kappa shape index (κ3) is 2.24. The first-order valence-corrected chi connectivity index (χ1v) is 6.52. The Morgan fingerprint density at radius 3 is 2.35 bits per heavy atom. The van der Waals surface area contributed by atoms with Crippen LogP contribution < -0.4 is 5.73 Å². The Morgan fingerprint density at radius 2 is 1.82 bits per heavy atom. The minimum absolute atomic E-state index is 0.514. The van der Waals surface area contributed by atoms with E-state index in [1.54, 1.807) is 0 Å². The Morgan fingerprint density at radius 1 is 1.24 bits per heavy atom. The molecule has 94 valence electrons. The van der Waals surface area contributed by atoms with Crippen molar-refractivity contribution < 1.29 is 0 Å².